The summed E-state index contributed by atoms with van der Waals surface area (Å²) in [5.74, 6) is 1.90. The van der Waals surface area contributed by atoms with Crippen LogP contribution in [0.3, 0.4) is 0 Å². The van der Waals surface area contributed by atoms with Crippen LogP contribution in [0, 0.1) is 0 Å². The molecule has 4 heteroatoms. The number of fused-ring (bicyclic) bond motifs is 7. The van der Waals surface area contributed by atoms with E-state index < -0.39 is 0 Å². The van der Waals surface area contributed by atoms with Crippen LogP contribution in [0.4, 0.5) is 0 Å². The predicted octanol–water partition coefficient (Wildman–Crippen LogP) is 10.7. The van der Waals surface area contributed by atoms with Crippen molar-refractivity contribution < 1.29 is 4.42 Å². The van der Waals surface area contributed by atoms with Gasteiger partial charge in [-0.25, -0.2) is 15.0 Å². The van der Waals surface area contributed by atoms with E-state index >= 15 is 0 Å². The number of aromatic nitrogens is 3. The minimum absolute atomic E-state index is 0.625. The van der Waals surface area contributed by atoms with Gasteiger partial charge in [0.1, 0.15) is 11.2 Å². The molecule has 0 amide bonds. The molecule has 9 aromatic rings. The maximum Gasteiger partial charge on any atom is 0.164 e. The van der Waals surface area contributed by atoms with Gasteiger partial charge in [-0.1, -0.05) is 140 Å². The molecule has 2 heterocycles. The fourth-order valence-corrected chi connectivity index (χ4v) is 6.44. The second-order valence-corrected chi connectivity index (χ2v) is 11.2. The number of rotatable bonds is 4. The van der Waals surface area contributed by atoms with Crippen molar-refractivity contribution in [3.8, 4) is 45.3 Å². The van der Waals surface area contributed by atoms with Crippen LogP contribution in [0.5, 0.6) is 0 Å². The van der Waals surface area contributed by atoms with Crippen LogP contribution in [0.15, 0.2) is 156 Å². The van der Waals surface area contributed by atoms with E-state index in [0.29, 0.717) is 17.5 Å². The monoisotopic (exact) mass is 575 g/mol. The van der Waals surface area contributed by atoms with Crippen molar-refractivity contribution in [2.45, 2.75) is 0 Å². The van der Waals surface area contributed by atoms with Gasteiger partial charge in [0.2, 0.25) is 0 Å². The first kappa shape index (κ1) is 25.4. The Hall–Kier alpha value is -6.13. The van der Waals surface area contributed by atoms with Crippen LogP contribution in [0.2, 0.25) is 0 Å². The second-order valence-electron chi connectivity index (χ2n) is 11.2. The summed E-state index contributed by atoms with van der Waals surface area (Å²) in [5, 5.41) is 6.85. The van der Waals surface area contributed by atoms with E-state index in [1.54, 1.807) is 0 Å². The van der Waals surface area contributed by atoms with Crippen molar-refractivity contribution in [3.05, 3.63) is 152 Å². The van der Waals surface area contributed by atoms with E-state index in [-0.39, 0.29) is 0 Å². The Labute approximate surface area is 259 Å². The first-order valence-electron chi connectivity index (χ1n) is 15.0. The Bertz CT molecular complexity index is 2480. The normalized spacial score (nSPS) is 11.6. The lowest BCUT2D eigenvalue weighted by Gasteiger charge is -2.13. The summed E-state index contributed by atoms with van der Waals surface area (Å²) in [5.41, 5.74) is 6.68. The summed E-state index contributed by atoms with van der Waals surface area (Å²) in [6.45, 7) is 0. The van der Waals surface area contributed by atoms with Crippen LogP contribution in [-0.4, -0.2) is 15.0 Å². The van der Waals surface area contributed by atoms with Gasteiger partial charge in [0.15, 0.2) is 17.5 Å². The molecule has 0 spiro atoms. The highest BCUT2D eigenvalue weighted by Crippen LogP contribution is 2.43. The Morgan fingerprint density at radius 3 is 1.69 bits per heavy atom. The first-order chi connectivity index (χ1) is 22.3. The van der Waals surface area contributed by atoms with Gasteiger partial charge in [-0.3, -0.25) is 0 Å². The third-order valence-electron chi connectivity index (χ3n) is 8.53. The molecule has 45 heavy (non-hydrogen) atoms. The van der Waals surface area contributed by atoms with Gasteiger partial charge < -0.3 is 4.42 Å². The lowest BCUT2D eigenvalue weighted by Crippen LogP contribution is -2.01. The Morgan fingerprint density at radius 1 is 0.356 bits per heavy atom. The minimum atomic E-state index is 0.625. The van der Waals surface area contributed by atoms with Crippen molar-refractivity contribution in [2.24, 2.45) is 0 Å². The average Bonchev–Trinajstić information content (AvgIpc) is 3.51. The fraction of sp³-hybridized carbons (Fsp3) is 0. The van der Waals surface area contributed by atoms with E-state index in [1.807, 2.05) is 66.7 Å². The SMILES string of the molecule is c1ccc(-c2nc(-c3ccccc3)nc(-c3ccccc3-c3cccc4oc5c(ccc6ccc7ccccc7c65)c34)n2)cc1. The maximum atomic E-state index is 6.69. The lowest BCUT2D eigenvalue weighted by atomic mass is 9.93. The molecule has 2 aromatic heterocycles. The third-order valence-corrected chi connectivity index (χ3v) is 8.53. The Balaban J connectivity index is 1.31. The highest BCUT2D eigenvalue weighted by Gasteiger charge is 2.20. The summed E-state index contributed by atoms with van der Waals surface area (Å²) < 4.78 is 6.69. The van der Waals surface area contributed by atoms with Crippen molar-refractivity contribution in [3.63, 3.8) is 0 Å². The lowest BCUT2D eigenvalue weighted by molar-refractivity contribution is 0.673. The summed E-state index contributed by atoms with van der Waals surface area (Å²) in [4.78, 5) is 15.0. The number of hydrogen-bond donors (Lipinski definition) is 0. The van der Waals surface area contributed by atoms with Gasteiger partial charge in [0.25, 0.3) is 0 Å². The van der Waals surface area contributed by atoms with Gasteiger partial charge in [0.05, 0.1) is 0 Å². The fourth-order valence-electron chi connectivity index (χ4n) is 6.44. The zero-order chi connectivity index (χ0) is 29.7. The summed E-state index contributed by atoms with van der Waals surface area (Å²) in [7, 11) is 0. The van der Waals surface area contributed by atoms with Crippen LogP contribution in [0.1, 0.15) is 0 Å². The van der Waals surface area contributed by atoms with Crippen molar-refractivity contribution in [1.82, 2.24) is 15.0 Å². The molecule has 0 fully saturated rings. The van der Waals surface area contributed by atoms with E-state index in [0.717, 1.165) is 60.5 Å². The van der Waals surface area contributed by atoms with Gasteiger partial charge in [0, 0.05) is 32.8 Å². The first-order valence-corrected chi connectivity index (χ1v) is 15.0. The molecule has 0 aliphatic heterocycles. The molecule has 0 N–H and O–H groups in total. The molecule has 7 aromatic carbocycles. The van der Waals surface area contributed by atoms with Crippen molar-refractivity contribution >= 4 is 43.5 Å². The molecular formula is C41H25N3O. The van der Waals surface area contributed by atoms with Crippen molar-refractivity contribution in [2.75, 3.05) is 0 Å². The smallest absolute Gasteiger partial charge is 0.164 e. The average molecular weight is 576 g/mol. The molecule has 0 aliphatic carbocycles. The number of hydrogen-bond acceptors (Lipinski definition) is 4. The molecule has 0 unspecified atom stereocenters. The molecule has 9 rings (SSSR count). The van der Waals surface area contributed by atoms with Gasteiger partial charge in [-0.15, -0.1) is 0 Å². The topological polar surface area (TPSA) is 51.8 Å². The largest absolute Gasteiger partial charge is 0.455 e. The zero-order valence-electron chi connectivity index (χ0n) is 24.2. The van der Waals surface area contributed by atoms with Gasteiger partial charge in [-0.05, 0) is 39.4 Å². The van der Waals surface area contributed by atoms with Crippen LogP contribution in [0.25, 0.3) is 88.8 Å². The quantitative estimate of drug-likeness (QED) is 0.196. The van der Waals surface area contributed by atoms with Gasteiger partial charge in [-0.2, -0.15) is 0 Å². The molecule has 0 bridgehead atoms. The highest BCUT2D eigenvalue weighted by atomic mass is 16.3. The van der Waals surface area contributed by atoms with E-state index in [1.165, 1.54) is 10.8 Å². The van der Waals surface area contributed by atoms with E-state index in [2.05, 4.69) is 84.9 Å². The predicted molar refractivity (Wildman–Crippen MR) is 184 cm³/mol. The summed E-state index contributed by atoms with van der Waals surface area (Å²) in [6.07, 6.45) is 0. The minimum Gasteiger partial charge on any atom is -0.455 e. The summed E-state index contributed by atoms with van der Waals surface area (Å²) >= 11 is 0. The van der Waals surface area contributed by atoms with Crippen LogP contribution in [-0.2, 0) is 0 Å². The van der Waals surface area contributed by atoms with E-state index in [4.69, 9.17) is 19.4 Å². The second kappa shape index (κ2) is 10.2. The molecule has 0 aliphatic rings. The molecule has 4 nitrogen and oxygen atoms in total. The molecule has 0 radical (unpaired) electrons. The van der Waals surface area contributed by atoms with Crippen LogP contribution < -0.4 is 0 Å². The highest BCUT2D eigenvalue weighted by molar-refractivity contribution is 6.25. The maximum absolute atomic E-state index is 6.69. The molecule has 0 saturated heterocycles. The zero-order valence-corrected chi connectivity index (χ0v) is 24.2. The third kappa shape index (κ3) is 4.19. The Kier molecular flexibility index (Phi) is 5.78. The molecular weight excluding hydrogens is 550 g/mol. The Morgan fingerprint density at radius 2 is 0.933 bits per heavy atom. The molecule has 0 saturated carbocycles. The van der Waals surface area contributed by atoms with Crippen molar-refractivity contribution in [1.29, 1.82) is 0 Å². The number of furan rings is 1. The van der Waals surface area contributed by atoms with Crippen LogP contribution >= 0.6 is 0 Å². The van der Waals surface area contributed by atoms with E-state index in [9.17, 15) is 0 Å². The molecule has 0 atom stereocenters. The number of benzene rings is 7. The molecule has 210 valence electrons. The van der Waals surface area contributed by atoms with Gasteiger partial charge >= 0.3 is 0 Å². The standard InChI is InChI=1S/C41H25N3O/c1-3-13-28(14-4-1)39-42-40(29-15-5-2-6-16-29)44-41(43-39)33-19-10-9-18-31(33)32-20-11-21-35-37(32)34-25-24-27-23-22-26-12-7-8-17-30(26)36(27)38(34)45-35/h1-25H. The number of nitrogens with zero attached hydrogens (tertiary/aromatic N) is 3. The summed E-state index contributed by atoms with van der Waals surface area (Å²) in [6, 6.07) is 52.0.